The predicted octanol–water partition coefficient (Wildman–Crippen LogP) is 3.52. The summed E-state index contributed by atoms with van der Waals surface area (Å²) in [5, 5.41) is 12.8. The first-order chi connectivity index (χ1) is 8.68. The summed E-state index contributed by atoms with van der Waals surface area (Å²) in [4.78, 5) is 1.25. The fraction of sp³-hybridized carbons (Fsp3) is 0.500. The molecule has 0 aliphatic rings. The van der Waals surface area contributed by atoms with Crippen LogP contribution in [0.15, 0.2) is 23.7 Å². The molecule has 2 N–H and O–H groups in total. The highest BCUT2D eigenvalue weighted by Crippen LogP contribution is 2.25. The summed E-state index contributed by atoms with van der Waals surface area (Å²) >= 11 is 1.74. The zero-order chi connectivity index (χ0) is 13.0. The maximum atomic E-state index is 4.15. The van der Waals surface area contributed by atoms with Crippen molar-refractivity contribution in [3.63, 3.8) is 0 Å². The van der Waals surface area contributed by atoms with Crippen molar-refractivity contribution in [1.82, 2.24) is 15.5 Å². The molecule has 0 spiro atoms. The number of nitrogens with one attached hydrogen (secondary N) is 2. The smallest absolute Gasteiger partial charge is 0.0794 e. The van der Waals surface area contributed by atoms with Crippen molar-refractivity contribution in [3.05, 3.63) is 29.3 Å². The lowest BCUT2D eigenvalue weighted by atomic mass is 9.98. The van der Waals surface area contributed by atoms with Crippen LogP contribution in [0.1, 0.15) is 26.3 Å². The number of thiophene rings is 1. The molecular formula is C14H21N3S. The average molecular weight is 263 g/mol. The molecule has 3 nitrogen and oxygen atoms in total. The van der Waals surface area contributed by atoms with E-state index in [2.05, 4.69) is 53.8 Å². The molecule has 2 aromatic rings. The third-order valence-corrected chi connectivity index (χ3v) is 4.29. The molecule has 0 radical (unpaired) electrons. The van der Waals surface area contributed by atoms with Crippen LogP contribution in [-0.2, 0) is 6.54 Å². The molecule has 0 aliphatic carbocycles. The summed E-state index contributed by atoms with van der Waals surface area (Å²) in [7, 11) is 0. The molecule has 0 aromatic carbocycles. The molecule has 0 bridgehead atoms. The van der Waals surface area contributed by atoms with Gasteiger partial charge in [-0.1, -0.05) is 26.8 Å². The highest BCUT2D eigenvalue weighted by atomic mass is 32.1. The van der Waals surface area contributed by atoms with E-state index in [0.29, 0.717) is 5.92 Å². The van der Waals surface area contributed by atoms with Gasteiger partial charge >= 0.3 is 0 Å². The minimum atomic E-state index is 0.696. The lowest BCUT2D eigenvalue weighted by Gasteiger charge is -2.15. The van der Waals surface area contributed by atoms with Crippen molar-refractivity contribution >= 4 is 11.3 Å². The highest BCUT2D eigenvalue weighted by Gasteiger charge is 2.10. The topological polar surface area (TPSA) is 40.7 Å². The van der Waals surface area contributed by atoms with Crippen LogP contribution in [0, 0.1) is 11.8 Å². The first-order valence-corrected chi connectivity index (χ1v) is 7.33. The lowest BCUT2D eigenvalue weighted by Crippen LogP contribution is -2.23. The van der Waals surface area contributed by atoms with Crippen molar-refractivity contribution in [3.8, 4) is 10.6 Å². The largest absolute Gasteiger partial charge is 0.312 e. The zero-order valence-electron chi connectivity index (χ0n) is 11.2. The third-order valence-electron chi connectivity index (χ3n) is 3.41. The van der Waals surface area contributed by atoms with Crippen LogP contribution in [0.2, 0.25) is 0 Å². The van der Waals surface area contributed by atoms with Crippen LogP contribution in [0.4, 0.5) is 0 Å². The summed E-state index contributed by atoms with van der Waals surface area (Å²) in [6.07, 6.45) is 1.92. The van der Waals surface area contributed by atoms with Gasteiger partial charge in [-0.25, -0.2) is 0 Å². The van der Waals surface area contributed by atoms with Gasteiger partial charge in [0, 0.05) is 12.1 Å². The van der Waals surface area contributed by atoms with E-state index in [1.807, 2.05) is 6.20 Å². The van der Waals surface area contributed by atoms with E-state index in [1.165, 1.54) is 10.4 Å². The van der Waals surface area contributed by atoms with Crippen LogP contribution >= 0.6 is 11.3 Å². The van der Waals surface area contributed by atoms with Crippen molar-refractivity contribution in [2.75, 3.05) is 6.54 Å². The van der Waals surface area contributed by atoms with Gasteiger partial charge in [0.05, 0.1) is 16.8 Å². The Labute approximate surface area is 113 Å². The monoisotopic (exact) mass is 263 g/mol. The minimum Gasteiger partial charge on any atom is -0.312 e. The van der Waals surface area contributed by atoms with E-state index in [-0.39, 0.29) is 0 Å². The number of aromatic amines is 1. The van der Waals surface area contributed by atoms with Crippen molar-refractivity contribution < 1.29 is 0 Å². The van der Waals surface area contributed by atoms with E-state index in [0.717, 1.165) is 24.7 Å². The molecule has 0 amide bonds. The van der Waals surface area contributed by atoms with Crippen LogP contribution in [0.25, 0.3) is 10.6 Å². The number of rotatable bonds is 6. The van der Waals surface area contributed by atoms with Crippen molar-refractivity contribution in [2.24, 2.45) is 11.8 Å². The van der Waals surface area contributed by atoms with Crippen LogP contribution in [0.3, 0.4) is 0 Å². The molecule has 2 heterocycles. The van der Waals surface area contributed by atoms with Gasteiger partial charge in [0.2, 0.25) is 0 Å². The average Bonchev–Trinajstić information content (AvgIpc) is 2.98. The summed E-state index contributed by atoms with van der Waals surface area (Å²) < 4.78 is 0. The molecule has 2 rings (SSSR count). The quantitative estimate of drug-likeness (QED) is 0.837. The van der Waals surface area contributed by atoms with E-state index >= 15 is 0 Å². The molecule has 1 atom stereocenters. The second kappa shape index (κ2) is 6.16. The van der Waals surface area contributed by atoms with Gasteiger partial charge in [-0.05, 0) is 29.8 Å². The number of hydrogen-bond donors (Lipinski definition) is 2. The number of aromatic nitrogens is 2. The highest BCUT2D eigenvalue weighted by molar-refractivity contribution is 7.13. The van der Waals surface area contributed by atoms with E-state index in [1.54, 1.807) is 11.3 Å². The number of hydrogen-bond acceptors (Lipinski definition) is 3. The lowest BCUT2D eigenvalue weighted by molar-refractivity contribution is 0.392. The second-order valence-electron chi connectivity index (χ2n) is 5.10. The Morgan fingerprint density at radius 1 is 1.39 bits per heavy atom. The maximum Gasteiger partial charge on any atom is 0.0794 e. The molecule has 1 unspecified atom stereocenters. The minimum absolute atomic E-state index is 0.696. The Hall–Kier alpha value is -1.13. The van der Waals surface area contributed by atoms with Gasteiger partial charge in [-0.3, -0.25) is 5.10 Å². The Morgan fingerprint density at radius 3 is 2.89 bits per heavy atom. The third kappa shape index (κ3) is 3.21. The van der Waals surface area contributed by atoms with Gasteiger partial charge in [0.1, 0.15) is 0 Å². The van der Waals surface area contributed by atoms with Gasteiger partial charge in [0.15, 0.2) is 0 Å². The molecule has 0 saturated heterocycles. The molecule has 0 aliphatic heterocycles. The van der Waals surface area contributed by atoms with E-state index < -0.39 is 0 Å². The number of nitrogens with zero attached hydrogens (tertiary/aromatic N) is 1. The van der Waals surface area contributed by atoms with Gasteiger partial charge in [0.25, 0.3) is 0 Å². The summed E-state index contributed by atoms with van der Waals surface area (Å²) in [5.41, 5.74) is 2.39. The van der Waals surface area contributed by atoms with Crippen LogP contribution in [-0.4, -0.2) is 16.7 Å². The van der Waals surface area contributed by atoms with Crippen molar-refractivity contribution in [1.29, 1.82) is 0 Å². The molecule has 98 valence electrons. The predicted molar refractivity (Wildman–Crippen MR) is 77.6 cm³/mol. The van der Waals surface area contributed by atoms with Crippen LogP contribution in [0.5, 0.6) is 0 Å². The Balaban J connectivity index is 1.93. The van der Waals surface area contributed by atoms with Crippen LogP contribution < -0.4 is 5.32 Å². The normalized spacial score (nSPS) is 13.1. The fourth-order valence-corrected chi connectivity index (χ4v) is 2.50. The molecule has 18 heavy (non-hydrogen) atoms. The second-order valence-corrected chi connectivity index (χ2v) is 6.05. The summed E-state index contributed by atoms with van der Waals surface area (Å²) in [5.74, 6) is 1.42. The summed E-state index contributed by atoms with van der Waals surface area (Å²) in [6, 6.07) is 4.19. The van der Waals surface area contributed by atoms with Gasteiger partial charge in [-0.2, -0.15) is 5.10 Å². The Bertz CT molecular complexity index is 459. The van der Waals surface area contributed by atoms with E-state index in [9.17, 15) is 0 Å². The van der Waals surface area contributed by atoms with Gasteiger partial charge < -0.3 is 5.32 Å². The Morgan fingerprint density at radius 2 is 2.22 bits per heavy atom. The number of H-pyrrole nitrogens is 1. The van der Waals surface area contributed by atoms with E-state index in [4.69, 9.17) is 0 Å². The zero-order valence-corrected chi connectivity index (χ0v) is 12.1. The SMILES string of the molecule is CC(C)C(C)CNCc1cn[nH]c1-c1cccs1. The first-order valence-electron chi connectivity index (χ1n) is 6.45. The summed E-state index contributed by atoms with van der Waals surface area (Å²) in [6.45, 7) is 8.74. The standard InChI is InChI=1S/C14H21N3S/c1-10(2)11(3)7-15-8-12-9-16-17-14(12)13-5-4-6-18-13/h4-6,9-11,15H,7-8H2,1-3H3,(H,16,17). The molecule has 0 fully saturated rings. The van der Waals surface area contributed by atoms with Crippen molar-refractivity contribution in [2.45, 2.75) is 27.3 Å². The molecule has 0 saturated carbocycles. The molecular weight excluding hydrogens is 242 g/mol. The molecule has 4 heteroatoms. The Kier molecular flexibility index (Phi) is 4.55. The van der Waals surface area contributed by atoms with Gasteiger partial charge in [-0.15, -0.1) is 11.3 Å². The maximum absolute atomic E-state index is 4.15. The fourth-order valence-electron chi connectivity index (χ4n) is 1.75. The molecule has 2 aromatic heterocycles. The first kappa shape index (κ1) is 13.3.